The van der Waals surface area contributed by atoms with E-state index in [1.807, 2.05) is 6.92 Å². The van der Waals surface area contributed by atoms with Crippen molar-refractivity contribution in [2.75, 3.05) is 13.2 Å². The molecule has 0 aromatic carbocycles. The Hall–Kier alpha value is -0.810. The fourth-order valence-electron chi connectivity index (χ4n) is 10.6. The maximum absolute atomic E-state index is 11.9. The highest BCUT2D eigenvalue weighted by molar-refractivity contribution is 5.60. The van der Waals surface area contributed by atoms with Gasteiger partial charge in [0, 0.05) is 12.3 Å². The average molecular weight is 489 g/mol. The van der Waals surface area contributed by atoms with Crippen LogP contribution in [0.4, 0.5) is 4.79 Å². The van der Waals surface area contributed by atoms with Gasteiger partial charge in [0.2, 0.25) is 0 Å². The monoisotopic (exact) mass is 488 g/mol. The number of ether oxygens (including phenoxy) is 4. The number of carbonyl (C=O) groups is 1. The molecule has 7 unspecified atom stereocenters. The zero-order valence-corrected chi connectivity index (χ0v) is 22.7. The van der Waals surface area contributed by atoms with Gasteiger partial charge in [-0.3, -0.25) is 0 Å². The summed E-state index contributed by atoms with van der Waals surface area (Å²) in [4.78, 5) is 11.9. The van der Waals surface area contributed by atoms with Crippen LogP contribution < -0.4 is 0 Å². The first-order valence-corrected chi connectivity index (χ1v) is 14.9. The zero-order chi connectivity index (χ0) is 24.6. The number of rotatable bonds is 2. The molecule has 6 fully saturated rings. The van der Waals surface area contributed by atoms with Gasteiger partial charge in [-0.05, 0) is 111 Å². The lowest BCUT2D eigenvalue weighted by Gasteiger charge is -2.61. The second kappa shape index (κ2) is 8.61. The van der Waals surface area contributed by atoms with E-state index in [4.69, 9.17) is 18.9 Å². The van der Waals surface area contributed by atoms with E-state index in [-0.39, 0.29) is 11.9 Å². The summed E-state index contributed by atoms with van der Waals surface area (Å²) < 4.78 is 24.2. The molecule has 0 aromatic heterocycles. The SMILES string of the molecule is CCOC(=O)O[C@H]1CC[C@@]2(C)C(CCC3C2CC[C@@]2(C)C3CC3O[C@]4(CC[C@@H](C)CO4)C(C)C32)C1. The number of hydrogen-bond acceptors (Lipinski definition) is 5. The Morgan fingerprint density at radius 1 is 0.943 bits per heavy atom. The molecule has 4 saturated carbocycles. The second-order valence-electron chi connectivity index (χ2n) is 13.9. The van der Waals surface area contributed by atoms with Crippen molar-refractivity contribution in [3.63, 3.8) is 0 Å². The van der Waals surface area contributed by atoms with Crippen LogP contribution in [-0.4, -0.2) is 37.4 Å². The van der Waals surface area contributed by atoms with Gasteiger partial charge >= 0.3 is 6.16 Å². The molecule has 0 radical (unpaired) electrons. The molecule has 4 aliphatic carbocycles. The van der Waals surface area contributed by atoms with E-state index >= 15 is 0 Å². The lowest BCUT2D eigenvalue weighted by molar-refractivity contribution is -0.273. The van der Waals surface area contributed by atoms with Crippen molar-refractivity contribution in [3.8, 4) is 0 Å². The molecule has 2 aliphatic heterocycles. The predicted molar refractivity (Wildman–Crippen MR) is 134 cm³/mol. The smallest absolute Gasteiger partial charge is 0.435 e. The molecule has 12 atom stereocenters. The summed E-state index contributed by atoms with van der Waals surface area (Å²) in [6.45, 7) is 13.0. The molecular weight excluding hydrogens is 440 g/mol. The summed E-state index contributed by atoms with van der Waals surface area (Å²) in [5.41, 5.74) is 0.765. The van der Waals surface area contributed by atoms with Crippen molar-refractivity contribution in [1.82, 2.24) is 0 Å². The van der Waals surface area contributed by atoms with E-state index in [1.165, 1.54) is 44.9 Å². The third-order valence-corrected chi connectivity index (χ3v) is 12.4. The zero-order valence-electron chi connectivity index (χ0n) is 22.7. The third-order valence-electron chi connectivity index (χ3n) is 12.4. The lowest BCUT2D eigenvalue weighted by Crippen LogP contribution is -2.55. The summed E-state index contributed by atoms with van der Waals surface area (Å²) in [5, 5.41) is 0. The fraction of sp³-hybridized carbons (Fsp3) is 0.967. The second-order valence-corrected chi connectivity index (χ2v) is 13.9. The van der Waals surface area contributed by atoms with Gasteiger partial charge in [0.15, 0.2) is 5.79 Å². The van der Waals surface area contributed by atoms with Gasteiger partial charge in [-0.25, -0.2) is 4.79 Å². The van der Waals surface area contributed by atoms with Gasteiger partial charge in [0.1, 0.15) is 6.10 Å². The topological polar surface area (TPSA) is 54.0 Å². The Labute approximate surface area is 212 Å². The maximum atomic E-state index is 11.9. The van der Waals surface area contributed by atoms with Gasteiger partial charge in [-0.15, -0.1) is 0 Å². The van der Waals surface area contributed by atoms with Gasteiger partial charge in [0.25, 0.3) is 0 Å². The molecular formula is C30H48O5. The molecule has 2 saturated heterocycles. The molecule has 0 bridgehead atoms. The Kier molecular flexibility index (Phi) is 6.03. The number of hydrogen-bond donors (Lipinski definition) is 0. The van der Waals surface area contributed by atoms with Crippen molar-refractivity contribution >= 4 is 6.16 Å². The molecule has 5 nitrogen and oxygen atoms in total. The minimum Gasteiger partial charge on any atom is -0.435 e. The summed E-state index contributed by atoms with van der Waals surface area (Å²) in [5.74, 6) is 4.55. The highest BCUT2D eigenvalue weighted by atomic mass is 16.7. The minimum atomic E-state index is -0.482. The first-order valence-electron chi connectivity index (χ1n) is 14.9. The van der Waals surface area contributed by atoms with Crippen LogP contribution in [0.3, 0.4) is 0 Å². The Balaban J connectivity index is 1.17. The fourth-order valence-corrected chi connectivity index (χ4v) is 10.6. The number of fused-ring (bicyclic) bond motifs is 7. The van der Waals surface area contributed by atoms with E-state index < -0.39 is 6.16 Å². The summed E-state index contributed by atoms with van der Waals surface area (Å²) >= 11 is 0. The van der Waals surface area contributed by atoms with E-state index in [9.17, 15) is 4.79 Å². The van der Waals surface area contributed by atoms with Crippen LogP contribution in [-0.2, 0) is 18.9 Å². The quantitative estimate of drug-likeness (QED) is 0.393. The molecule has 2 heterocycles. The first-order chi connectivity index (χ1) is 16.7. The molecule has 198 valence electrons. The highest BCUT2D eigenvalue weighted by Crippen LogP contribution is 2.71. The molecule has 0 amide bonds. The van der Waals surface area contributed by atoms with Crippen LogP contribution in [0.25, 0.3) is 0 Å². The van der Waals surface area contributed by atoms with Gasteiger partial charge < -0.3 is 18.9 Å². The van der Waals surface area contributed by atoms with Crippen molar-refractivity contribution in [2.24, 2.45) is 52.3 Å². The molecule has 5 heteroatoms. The van der Waals surface area contributed by atoms with Gasteiger partial charge in [-0.2, -0.15) is 0 Å². The van der Waals surface area contributed by atoms with Gasteiger partial charge in [0.05, 0.1) is 19.3 Å². The summed E-state index contributed by atoms with van der Waals surface area (Å²) in [7, 11) is 0. The normalized spacial score (nSPS) is 54.9. The molecule has 6 aliphatic rings. The number of carbonyl (C=O) groups excluding carboxylic acids is 1. The summed E-state index contributed by atoms with van der Waals surface area (Å²) in [6.07, 6.45) is 12.0. The first kappa shape index (κ1) is 24.5. The van der Waals surface area contributed by atoms with Crippen molar-refractivity contribution in [3.05, 3.63) is 0 Å². The van der Waals surface area contributed by atoms with Crippen molar-refractivity contribution < 1.29 is 23.7 Å². The van der Waals surface area contributed by atoms with Crippen LogP contribution in [0.2, 0.25) is 0 Å². The highest BCUT2D eigenvalue weighted by Gasteiger charge is 2.69. The Morgan fingerprint density at radius 3 is 2.49 bits per heavy atom. The molecule has 0 aromatic rings. The standard InChI is InChI=1S/C30H48O5/c1-6-32-27(31)34-21-10-12-28(4)20(15-21)7-8-22-23(28)11-13-29(5)24(22)16-25-26(29)19(3)30(35-25)14-9-18(2)17-33-30/h18-26H,6-17H2,1-5H3/t18-,19?,20?,21+,22?,23?,24?,25?,26?,28+,29+,30-/m1/s1. The molecule has 35 heavy (non-hydrogen) atoms. The molecule has 1 spiro atoms. The van der Waals surface area contributed by atoms with Crippen LogP contribution >= 0.6 is 0 Å². The Morgan fingerprint density at radius 2 is 1.74 bits per heavy atom. The van der Waals surface area contributed by atoms with Crippen LogP contribution in [0.5, 0.6) is 0 Å². The van der Waals surface area contributed by atoms with E-state index in [2.05, 4.69) is 27.7 Å². The van der Waals surface area contributed by atoms with E-state index in [0.717, 1.165) is 43.6 Å². The van der Waals surface area contributed by atoms with Gasteiger partial charge in [-0.1, -0.05) is 27.7 Å². The van der Waals surface area contributed by atoms with Crippen molar-refractivity contribution in [2.45, 2.75) is 117 Å². The summed E-state index contributed by atoms with van der Waals surface area (Å²) in [6, 6.07) is 0. The van der Waals surface area contributed by atoms with E-state index in [0.29, 0.717) is 47.2 Å². The molecule has 0 N–H and O–H groups in total. The van der Waals surface area contributed by atoms with Crippen LogP contribution in [0.1, 0.15) is 98.8 Å². The average Bonchev–Trinajstić information content (AvgIpc) is 3.26. The minimum absolute atomic E-state index is 0.0343. The largest absolute Gasteiger partial charge is 0.508 e. The Bertz CT molecular complexity index is 820. The lowest BCUT2D eigenvalue weighted by atomic mass is 9.44. The third kappa shape index (κ3) is 3.64. The van der Waals surface area contributed by atoms with Crippen molar-refractivity contribution in [1.29, 1.82) is 0 Å². The molecule has 6 rings (SSSR count). The maximum Gasteiger partial charge on any atom is 0.508 e. The van der Waals surface area contributed by atoms with Crippen LogP contribution in [0.15, 0.2) is 0 Å². The van der Waals surface area contributed by atoms with Crippen LogP contribution in [0, 0.1) is 52.3 Å². The van der Waals surface area contributed by atoms with E-state index in [1.54, 1.807) is 0 Å². The predicted octanol–water partition coefficient (Wildman–Crippen LogP) is 6.97.